The lowest BCUT2D eigenvalue weighted by Crippen LogP contribution is -2.26. The molecule has 0 bridgehead atoms. The van der Waals surface area contributed by atoms with Gasteiger partial charge < -0.3 is 5.32 Å². The van der Waals surface area contributed by atoms with Crippen LogP contribution in [0.2, 0.25) is 0 Å². The fourth-order valence-electron chi connectivity index (χ4n) is 3.55. The van der Waals surface area contributed by atoms with Crippen molar-refractivity contribution in [1.29, 1.82) is 0 Å². The van der Waals surface area contributed by atoms with Crippen LogP contribution in [0.25, 0.3) is 6.08 Å². The summed E-state index contributed by atoms with van der Waals surface area (Å²) in [5.74, 6) is -0.326. The van der Waals surface area contributed by atoms with Gasteiger partial charge in [-0.05, 0) is 73.1 Å². The van der Waals surface area contributed by atoms with Crippen molar-refractivity contribution in [1.82, 2.24) is 5.32 Å². The Hall–Kier alpha value is -2.56. The van der Waals surface area contributed by atoms with Gasteiger partial charge in [-0.3, -0.25) is 4.79 Å². The average Bonchev–Trinajstić information content (AvgIpc) is 2.65. The van der Waals surface area contributed by atoms with E-state index in [1.165, 1.54) is 41.8 Å². The van der Waals surface area contributed by atoms with Gasteiger partial charge in [0.2, 0.25) is 5.91 Å². The monoisotopic (exact) mass is 373 g/mol. The van der Waals surface area contributed by atoms with Crippen molar-refractivity contribution >= 4 is 12.0 Å². The topological polar surface area (TPSA) is 29.1 Å². The van der Waals surface area contributed by atoms with Gasteiger partial charge in [-0.1, -0.05) is 30.3 Å². The third-order valence-electron chi connectivity index (χ3n) is 4.90. The van der Waals surface area contributed by atoms with Gasteiger partial charge in [0.05, 0.1) is 11.6 Å². The zero-order valence-corrected chi connectivity index (χ0v) is 15.1. The van der Waals surface area contributed by atoms with Gasteiger partial charge in [0.25, 0.3) is 0 Å². The summed E-state index contributed by atoms with van der Waals surface area (Å²) in [5, 5.41) is 2.91. The second-order valence-corrected chi connectivity index (χ2v) is 6.88. The lowest BCUT2D eigenvalue weighted by molar-refractivity contribution is -0.137. The van der Waals surface area contributed by atoms with E-state index >= 15 is 0 Å². The van der Waals surface area contributed by atoms with E-state index in [0.717, 1.165) is 37.0 Å². The fraction of sp³-hybridized carbons (Fsp3) is 0.318. The zero-order chi connectivity index (χ0) is 19.4. The number of hydrogen-bond donors (Lipinski definition) is 1. The minimum absolute atomic E-state index is 0.156. The predicted molar refractivity (Wildman–Crippen MR) is 100 cm³/mol. The summed E-state index contributed by atoms with van der Waals surface area (Å²) >= 11 is 0. The Morgan fingerprint density at radius 2 is 1.85 bits per heavy atom. The number of alkyl halides is 3. The summed E-state index contributed by atoms with van der Waals surface area (Å²) < 4.78 is 38.3. The maximum absolute atomic E-state index is 12.8. The molecule has 0 saturated carbocycles. The van der Waals surface area contributed by atoms with Gasteiger partial charge in [0.1, 0.15) is 0 Å². The first kappa shape index (κ1) is 19.2. The first-order chi connectivity index (χ1) is 12.8. The van der Waals surface area contributed by atoms with Crippen molar-refractivity contribution in [2.75, 3.05) is 0 Å². The van der Waals surface area contributed by atoms with Crippen LogP contribution >= 0.6 is 0 Å². The minimum atomic E-state index is -4.40. The first-order valence-electron chi connectivity index (χ1n) is 9.11. The Labute approximate surface area is 157 Å². The van der Waals surface area contributed by atoms with E-state index in [1.807, 2.05) is 19.1 Å². The molecule has 1 aliphatic carbocycles. The molecular formula is C22H22F3NO. The van der Waals surface area contributed by atoms with Crippen molar-refractivity contribution in [3.8, 4) is 0 Å². The van der Waals surface area contributed by atoms with Gasteiger partial charge in [-0.15, -0.1) is 0 Å². The smallest absolute Gasteiger partial charge is 0.346 e. The molecule has 1 aliphatic rings. The predicted octanol–water partition coefficient (Wildman–Crippen LogP) is 5.47. The Bertz CT molecular complexity index is 855. The highest BCUT2D eigenvalue weighted by atomic mass is 19.4. The second kappa shape index (κ2) is 7.99. The molecule has 0 aromatic heterocycles. The molecule has 3 rings (SSSR count). The van der Waals surface area contributed by atoms with Gasteiger partial charge in [0, 0.05) is 6.08 Å². The van der Waals surface area contributed by atoms with E-state index in [4.69, 9.17) is 0 Å². The van der Waals surface area contributed by atoms with E-state index in [0.29, 0.717) is 5.56 Å². The number of hydrogen-bond acceptors (Lipinski definition) is 1. The van der Waals surface area contributed by atoms with Crippen LogP contribution in [0.3, 0.4) is 0 Å². The van der Waals surface area contributed by atoms with Crippen molar-refractivity contribution in [3.05, 3.63) is 76.4 Å². The molecule has 0 spiro atoms. The maximum Gasteiger partial charge on any atom is 0.416 e. The summed E-state index contributed by atoms with van der Waals surface area (Å²) in [5.41, 5.74) is 3.39. The molecule has 5 heteroatoms. The number of carbonyl (C=O) groups excluding carboxylic acids is 1. The molecule has 1 atom stereocenters. The van der Waals surface area contributed by atoms with Crippen molar-refractivity contribution in [3.63, 3.8) is 0 Å². The maximum atomic E-state index is 12.8. The normalized spacial score (nSPS) is 15.4. The van der Waals surface area contributed by atoms with Gasteiger partial charge in [-0.25, -0.2) is 0 Å². The highest BCUT2D eigenvalue weighted by Crippen LogP contribution is 2.30. The van der Waals surface area contributed by atoms with Crippen LogP contribution < -0.4 is 5.32 Å². The van der Waals surface area contributed by atoms with Crippen LogP contribution in [0.15, 0.2) is 48.5 Å². The number of nitrogens with one attached hydrogen (secondary N) is 1. The number of benzene rings is 2. The summed E-state index contributed by atoms with van der Waals surface area (Å²) in [6, 6.07) is 10.9. The molecule has 0 radical (unpaired) electrons. The summed E-state index contributed by atoms with van der Waals surface area (Å²) in [7, 11) is 0. The quantitative estimate of drug-likeness (QED) is 0.707. The Morgan fingerprint density at radius 3 is 2.63 bits per heavy atom. The Kier molecular flexibility index (Phi) is 5.68. The molecule has 1 amide bonds. The first-order valence-corrected chi connectivity index (χ1v) is 9.11. The number of aryl methyl sites for hydroxylation is 1. The third-order valence-corrected chi connectivity index (χ3v) is 4.90. The molecule has 2 aromatic carbocycles. The van der Waals surface area contributed by atoms with E-state index in [1.54, 1.807) is 0 Å². The third kappa shape index (κ3) is 4.79. The lowest BCUT2D eigenvalue weighted by atomic mass is 9.86. The summed E-state index contributed by atoms with van der Waals surface area (Å²) in [6.07, 6.45) is 2.72. The zero-order valence-electron chi connectivity index (χ0n) is 15.1. The molecule has 0 aliphatic heterocycles. The lowest BCUT2D eigenvalue weighted by Gasteiger charge is -2.23. The number of carbonyl (C=O) groups is 1. The van der Waals surface area contributed by atoms with Gasteiger partial charge in [0.15, 0.2) is 0 Å². The van der Waals surface area contributed by atoms with Crippen molar-refractivity contribution in [2.45, 2.75) is 44.8 Å². The molecule has 0 fully saturated rings. The largest absolute Gasteiger partial charge is 0.416 e. The van der Waals surface area contributed by atoms with Crippen molar-refractivity contribution < 1.29 is 18.0 Å². The number of fused-ring (bicyclic) bond motifs is 1. The highest BCUT2D eigenvalue weighted by molar-refractivity contribution is 5.92. The van der Waals surface area contributed by atoms with E-state index in [9.17, 15) is 18.0 Å². The number of halogens is 3. The van der Waals surface area contributed by atoms with Gasteiger partial charge >= 0.3 is 6.18 Å². The molecule has 142 valence electrons. The highest BCUT2D eigenvalue weighted by Gasteiger charge is 2.30. The van der Waals surface area contributed by atoms with Crippen LogP contribution in [0, 0.1) is 0 Å². The van der Waals surface area contributed by atoms with Crippen LogP contribution in [-0.2, 0) is 23.8 Å². The molecule has 2 aromatic rings. The minimum Gasteiger partial charge on any atom is -0.346 e. The van der Waals surface area contributed by atoms with E-state index < -0.39 is 11.7 Å². The molecule has 1 unspecified atom stereocenters. The standard InChI is InChI=1S/C22H22F3NO/c1-15(19-11-5-8-17-7-2-3-10-20(17)19)26-21(27)13-12-16-6-4-9-18(14-16)22(23,24)25/h4-6,8-9,11-15H,2-3,7,10H2,1H3,(H,26,27)/b13-12+. The molecule has 1 N–H and O–H groups in total. The van der Waals surface area contributed by atoms with Crippen LogP contribution in [0.5, 0.6) is 0 Å². The molecule has 0 heterocycles. The molecule has 2 nitrogen and oxygen atoms in total. The van der Waals surface area contributed by atoms with E-state index in [2.05, 4.69) is 11.4 Å². The van der Waals surface area contributed by atoms with Crippen LogP contribution in [-0.4, -0.2) is 5.91 Å². The summed E-state index contributed by atoms with van der Waals surface area (Å²) in [6.45, 7) is 1.93. The second-order valence-electron chi connectivity index (χ2n) is 6.88. The number of rotatable bonds is 4. The van der Waals surface area contributed by atoms with Crippen LogP contribution in [0.4, 0.5) is 13.2 Å². The number of amides is 1. The Balaban J connectivity index is 1.69. The molecule has 27 heavy (non-hydrogen) atoms. The fourth-order valence-corrected chi connectivity index (χ4v) is 3.55. The van der Waals surface area contributed by atoms with Gasteiger partial charge in [-0.2, -0.15) is 13.2 Å². The molecule has 0 saturated heterocycles. The average molecular weight is 373 g/mol. The van der Waals surface area contributed by atoms with E-state index in [-0.39, 0.29) is 11.9 Å². The SMILES string of the molecule is CC(NC(=O)/C=C/c1cccc(C(F)(F)F)c1)c1cccc2c1CCCC2. The molecular weight excluding hydrogens is 351 g/mol. The van der Waals surface area contributed by atoms with Crippen molar-refractivity contribution in [2.24, 2.45) is 0 Å². The summed E-state index contributed by atoms with van der Waals surface area (Å²) in [4.78, 5) is 12.2. The van der Waals surface area contributed by atoms with Crippen LogP contribution in [0.1, 0.15) is 53.6 Å². The Morgan fingerprint density at radius 1 is 1.11 bits per heavy atom.